The molecule has 0 aromatic rings. The van der Waals surface area contributed by atoms with Crippen LogP contribution in [0, 0.1) is 0 Å². The predicted molar refractivity (Wildman–Crippen MR) is 105 cm³/mol. The van der Waals surface area contributed by atoms with Crippen LogP contribution < -0.4 is 0 Å². The molecule has 3 heteroatoms. The number of unbranched alkanes of at least 4 members (excludes halogenated alkanes) is 11. The molecule has 2 N–H and O–H groups in total. The van der Waals surface area contributed by atoms with Crippen molar-refractivity contribution in [3.8, 4) is 0 Å². The first kappa shape index (κ1) is 23.6. The topological polar surface area (TPSA) is 40.5 Å². The third kappa shape index (κ3) is 13.0. The van der Waals surface area contributed by atoms with Gasteiger partial charge in [-0.15, -0.1) is 0 Å². The molecule has 144 valence electrons. The molecule has 0 heterocycles. The van der Waals surface area contributed by atoms with E-state index in [0.29, 0.717) is 4.48 Å². The van der Waals surface area contributed by atoms with E-state index in [4.69, 9.17) is 0 Å². The molecule has 0 spiro atoms. The zero-order chi connectivity index (χ0) is 18.3. The number of quaternary nitrogens is 1. The van der Waals surface area contributed by atoms with Crippen molar-refractivity contribution >= 4 is 0 Å². The van der Waals surface area contributed by atoms with Crippen LogP contribution in [0.15, 0.2) is 12.2 Å². The highest BCUT2D eigenvalue weighted by atomic mass is 16.3. The summed E-state index contributed by atoms with van der Waals surface area (Å²) >= 11 is 0. The van der Waals surface area contributed by atoms with E-state index in [0.717, 1.165) is 6.42 Å². The quantitative estimate of drug-likeness (QED) is 0.243. The number of hydrogen-bond donors (Lipinski definition) is 2. The van der Waals surface area contributed by atoms with Gasteiger partial charge in [0.25, 0.3) is 0 Å². The first-order valence-corrected chi connectivity index (χ1v) is 10.2. The van der Waals surface area contributed by atoms with Gasteiger partial charge in [-0.3, -0.25) is 0 Å². The lowest BCUT2D eigenvalue weighted by molar-refractivity contribution is -0.899. The van der Waals surface area contributed by atoms with Crippen LogP contribution in [0.2, 0.25) is 0 Å². The van der Waals surface area contributed by atoms with Gasteiger partial charge in [-0.05, 0) is 12.8 Å². The Morgan fingerprint density at radius 1 is 0.792 bits per heavy atom. The van der Waals surface area contributed by atoms with Crippen LogP contribution >= 0.6 is 0 Å². The summed E-state index contributed by atoms with van der Waals surface area (Å²) in [6, 6.07) is -0.154. The Labute approximate surface area is 151 Å². The second kappa shape index (κ2) is 14.9. The average molecular weight is 343 g/mol. The number of allylic oxidation sites excluding steroid dienone is 1. The Kier molecular flexibility index (Phi) is 14.7. The third-order valence-corrected chi connectivity index (χ3v) is 4.88. The Morgan fingerprint density at radius 2 is 1.25 bits per heavy atom. The lowest BCUT2D eigenvalue weighted by atomic mass is 10.0. The molecule has 24 heavy (non-hydrogen) atoms. The third-order valence-electron chi connectivity index (χ3n) is 4.88. The smallest absolute Gasteiger partial charge is 0.142 e. The Balaban J connectivity index is 3.52. The van der Waals surface area contributed by atoms with E-state index in [9.17, 15) is 10.2 Å². The minimum Gasteiger partial charge on any atom is -0.390 e. The van der Waals surface area contributed by atoms with Crippen LogP contribution in [0.4, 0.5) is 0 Å². The number of likely N-dealkylation sites (N-methyl/N-ethyl adjacent to an activating group) is 1. The monoisotopic (exact) mass is 342 g/mol. The minimum absolute atomic E-state index is 0.00739. The Morgan fingerprint density at radius 3 is 1.67 bits per heavy atom. The van der Waals surface area contributed by atoms with Crippen molar-refractivity contribution in [3.05, 3.63) is 12.2 Å². The fourth-order valence-electron chi connectivity index (χ4n) is 3.10. The van der Waals surface area contributed by atoms with Gasteiger partial charge in [0.05, 0.1) is 27.7 Å². The first-order valence-electron chi connectivity index (χ1n) is 10.2. The summed E-state index contributed by atoms with van der Waals surface area (Å²) in [5.41, 5.74) is 0. The summed E-state index contributed by atoms with van der Waals surface area (Å²) in [5.74, 6) is 0. The highest BCUT2D eigenvalue weighted by Gasteiger charge is 2.28. The van der Waals surface area contributed by atoms with E-state index in [-0.39, 0.29) is 12.6 Å². The molecule has 0 fully saturated rings. The van der Waals surface area contributed by atoms with Crippen LogP contribution in [0.5, 0.6) is 0 Å². The van der Waals surface area contributed by atoms with Gasteiger partial charge in [0.1, 0.15) is 12.1 Å². The molecular weight excluding hydrogens is 298 g/mol. The van der Waals surface area contributed by atoms with Gasteiger partial charge in [0.2, 0.25) is 0 Å². The Bertz CT molecular complexity index is 297. The number of rotatable bonds is 16. The lowest BCUT2D eigenvalue weighted by Gasteiger charge is -2.34. The summed E-state index contributed by atoms with van der Waals surface area (Å²) in [5, 5.41) is 19.6. The van der Waals surface area contributed by atoms with E-state index in [1.165, 1.54) is 70.6 Å². The zero-order valence-electron chi connectivity index (χ0n) is 16.8. The number of aliphatic hydroxyl groups excluding tert-OH is 2. The number of nitrogens with zero attached hydrogens (tertiary/aromatic N) is 1. The normalized spacial score (nSPS) is 15.1. The molecule has 0 aromatic heterocycles. The van der Waals surface area contributed by atoms with E-state index < -0.39 is 6.10 Å². The van der Waals surface area contributed by atoms with E-state index in [1.807, 2.05) is 27.2 Å². The summed E-state index contributed by atoms with van der Waals surface area (Å²) in [4.78, 5) is 0. The summed E-state index contributed by atoms with van der Waals surface area (Å²) in [6.45, 7) is 2.28. The molecule has 2 unspecified atom stereocenters. The molecule has 0 aliphatic rings. The molecule has 0 aromatic carbocycles. The Hall–Kier alpha value is -0.380. The molecule has 0 rings (SSSR count). The van der Waals surface area contributed by atoms with Gasteiger partial charge in [0, 0.05) is 0 Å². The SMILES string of the molecule is CCCCCCCCCCCCCC=CC(O)C(CO)[N+](C)(C)C. The molecule has 0 amide bonds. The van der Waals surface area contributed by atoms with Crippen molar-refractivity contribution < 1.29 is 14.7 Å². The number of hydrogen-bond acceptors (Lipinski definition) is 2. The van der Waals surface area contributed by atoms with Crippen molar-refractivity contribution in [3.63, 3.8) is 0 Å². The van der Waals surface area contributed by atoms with Crippen molar-refractivity contribution in [2.45, 2.75) is 96.1 Å². The van der Waals surface area contributed by atoms with Crippen LogP contribution in [0.3, 0.4) is 0 Å². The zero-order valence-corrected chi connectivity index (χ0v) is 16.8. The summed E-state index contributed by atoms with van der Waals surface area (Å²) in [6.07, 6.45) is 19.4. The maximum Gasteiger partial charge on any atom is 0.142 e. The lowest BCUT2D eigenvalue weighted by Crippen LogP contribution is -2.53. The second-order valence-electron chi connectivity index (χ2n) is 8.11. The van der Waals surface area contributed by atoms with Gasteiger partial charge < -0.3 is 14.7 Å². The largest absolute Gasteiger partial charge is 0.390 e. The minimum atomic E-state index is -0.567. The molecule has 0 bridgehead atoms. The summed E-state index contributed by atoms with van der Waals surface area (Å²) < 4.78 is 0.570. The van der Waals surface area contributed by atoms with Gasteiger partial charge in [-0.1, -0.05) is 83.3 Å². The van der Waals surface area contributed by atoms with Gasteiger partial charge in [-0.25, -0.2) is 0 Å². The maximum atomic E-state index is 10.2. The van der Waals surface area contributed by atoms with Crippen molar-refractivity contribution in [1.29, 1.82) is 0 Å². The number of aliphatic hydroxyl groups is 2. The molecule has 3 nitrogen and oxygen atoms in total. The van der Waals surface area contributed by atoms with Gasteiger partial charge in [0.15, 0.2) is 0 Å². The standard InChI is InChI=1S/C21H44NO2/c1-5-6-7-8-9-10-11-12-13-14-15-16-17-18-21(24)20(19-23)22(2,3)4/h17-18,20-21,23-24H,5-16,19H2,1-4H3/q+1. The van der Waals surface area contributed by atoms with Crippen molar-refractivity contribution in [2.75, 3.05) is 27.7 Å². The maximum absolute atomic E-state index is 10.2. The van der Waals surface area contributed by atoms with Crippen molar-refractivity contribution in [2.24, 2.45) is 0 Å². The van der Waals surface area contributed by atoms with Crippen LogP contribution in [0.25, 0.3) is 0 Å². The van der Waals surface area contributed by atoms with Gasteiger partial charge >= 0.3 is 0 Å². The molecule has 0 aliphatic carbocycles. The van der Waals surface area contributed by atoms with E-state index >= 15 is 0 Å². The van der Waals surface area contributed by atoms with Crippen LogP contribution in [-0.2, 0) is 0 Å². The predicted octanol–water partition coefficient (Wildman–Crippen LogP) is 4.67. The highest BCUT2D eigenvalue weighted by Crippen LogP contribution is 2.13. The molecule has 0 saturated carbocycles. The van der Waals surface area contributed by atoms with Crippen LogP contribution in [0.1, 0.15) is 84.0 Å². The molecule has 0 radical (unpaired) electrons. The molecule has 0 saturated heterocycles. The fourth-order valence-corrected chi connectivity index (χ4v) is 3.10. The summed E-state index contributed by atoms with van der Waals surface area (Å²) in [7, 11) is 6.01. The molecule has 2 atom stereocenters. The van der Waals surface area contributed by atoms with E-state index in [1.54, 1.807) is 0 Å². The fraction of sp³-hybridized carbons (Fsp3) is 0.905. The average Bonchev–Trinajstić information content (AvgIpc) is 2.51. The van der Waals surface area contributed by atoms with Gasteiger partial charge in [-0.2, -0.15) is 0 Å². The second-order valence-corrected chi connectivity index (χ2v) is 8.11. The van der Waals surface area contributed by atoms with Crippen molar-refractivity contribution in [1.82, 2.24) is 0 Å². The van der Waals surface area contributed by atoms with E-state index in [2.05, 4.69) is 13.0 Å². The molecule has 0 aliphatic heterocycles. The first-order chi connectivity index (χ1) is 11.4. The highest BCUT2D eigenvalue weighted by molar-refractivity contribution is 4.92. The van der Waals surface area contributed by atoms with Crippen LogP contribution in [-0.4, -0.2) is 54.6 Å². The molecular formula is C21H44NO2+.